The van der Waals surface area contributed by atoms with Gasteiger partial charge in [0.05, 0.1) is 12.2 Å². The number of carbonyl (C=O) groups is 1. The van der Waals surface area contributed by atoms with Crippen LogP contribution in [-0.4, -0.2) is 20.0 Å². The van der Waals surface area contributed by atoms with Gasteiger partial charge in [-0.15, -0.1) is 0 Å². The second-order valence-corrected chi connectivity index (χ2v) is 7.43. The van der Waals surface area contributed by atoms with Crippen molar-refractivity contribution >= 4 is 39.9 Å². The topological polar surface area (TPSA) is 23.6 Å². The van der Waals surface area contributed by atoms with Crippen LogP contribution in [0.25, 0.3) is 0 Å². The summed E-state index contributed by atoms with van der Waals surface area (Å²) < 4.78 is 1.05. The Morgan fingerprint density at radius 1 is 0.846 bits per heavy atom. The molecule has 0 aliphatic carbocycles. The van der Waals surface area contributed by atoms with Gasteiger partial charge in [0.2, 0.25) is 0 Å². The van der Waals surface area contributed by atoms with Crippen LogP contribution < -0.4 is 9.80 Å². The summed E-state index contributed by atoms with van der Waals surface area (Å²) in [6, 6.07) is 25.8. The molecule has 0 N–H and O–H groups in total. The smallest absolute Gasteiger partial charge is 0.258 e. The first-order valence-electron chi connectivity index (χ1n) is 8.44. The molecular formula is C22H21IN2O. The Kier molecular flexibility index (Phi) is 5.93. The summed E-state index contributed by atoms with van der Waals surface area (Å²) in [7, 11) is 3.98. The van der Waals surface area contributed by atoms with Gasteiger partial charge in [-0.05, 0) is 64.6 Å². The lowest BCUT2D eigenvalue weighted by atomic mass is 10.1. The van der Waals surface area contributed by atoms with Crippen molar-refractivity contribution in [3.8, 4) is 0 Å². The van der Waals surface area contributed by atoms with Crippen LogP contribution >= 0.6 is 22.6 Å². The zero-order valence-electron chi connectivity index (χ0n) is 14.9. The third kappa shape index (κ3) is 4.25. The highest BCUT2D eigenvalue weighted by atomic mass is 127. The van der Waals surface area contributed by atoms with Gasteiger partial charge < -0.3 is 9.80 Å². The number of para-hydroxylation sites is 1. The number of benzene rings is 3. The van der Waals surface area contributed by atoms with Crippen LogP contribution in [0.3, 0.4) is 0 Å². The lowest BCUT2D eigenvalue weighted by molar-refractivity contribution is 0.0985. The van der Waals surface area contributed by atoms with Gasteiger partial charge in [-0.3, -0.25) is 4.79 Å². The van der Waals surface area contributed by atoms with E-state index in [0.717, 1.165) is 20.5 Å². The lowest BCUT2D eigenvalue weighted by Gasteiger charge is -2.24. The summed E-state index contributed by atoms with van der Waals surface area (Å²) in [4.78, 5) is 17.2. The average molecular weight is 456 g/mol. The highest BCUT2D eigenvalue weighted by Crippen LogP contribution is 2.26. The molecule has 0 spiro atoms. The molecule has 0 heterocycles. The van der Waals surface area contributed by atoms with E-state index in [1.54, 1.807) is 0 Å². The Labute approximate surface area is 168 Å². The van der Waals surface area contributed by atoms with E-state index in [9.17, 15) is 4.79 Å². The Morgan fingerprint density at radius 2 is 1.46 bits per heavy atom. The molecule has 0 saturated carbocycles. The Morgan fingerprint density at radius 3 is 2.08 bits per heavy atom. The largest absolute Gasteiger partial charge is 0.378 e. The molecule has 0 aromatic heterocycles. The van der Waals surface area contributed by atoms with Crippen LogP contribution in [0, 0.1) is 3.57 Å². The van der Waals surface area contributed by atoms with Gasteiger partial charge in [0.25, 0.3) is 5.91 Å². The van der Waals surface area contributed by atoms with Crippen molar-refractivity contribution < 1.29 is 4.79 Å². The van der Waals surface area contributed by atoms with E-state index >= 15 is 0 Å². The predicted molar refractivity (Wildman–Crippen MR) is 117 cm³/mol. The molecular weight excluding hydrogens is 435 g/mol. The summed E-state index contributed by atoms with van der Waals surface area (Å²) >= 11 is 2.28. The molecule has 1 amide bonds. The molecule has 0 atom stereocenters. The normalized spacial score (nSPS) is 10.4. The highest BCUT2D eigenvalue weighted by Gasteiger charge is 2.20. The third-order valence-electron chi connectivity index (χ3n) is 4.20. The molecule has 0 fully saturated rings. The minimum absolute atomic E-state index is 0.00303. The number of halogens is 1. The molecule has 0 aliphatic heterocycles. The SMILES string of the molecule is CN(C)c1ccc(C(=O)N(Cc2ccccc2)c2ccccc2I)cc1. The number of hydrogen-bond acceptors (Lipinski definition) is 2. The number of anilines is 2. The molecule has 132 valence electrons. The first kappa shape index (κ1) is 18.5. The van der Waals surface area contributed by atoms with E-state index in [0.29, 0.717) is 12.1 Å². The number of hydrogen-bond donors (Lipinski definition) is 0. The Bertz CT molecular complexity index is 876. The van der Waals surface area contributed by atoms with Gasteiger partial charge in [0, 0.05) is 28.9 Å². The fraction of sp³-hybridized carbons (Fsp3) is 0.136. The molecule has 0 radical (unpaired) electrons. The Balaban J connectivity index is 1.97. The molecule has 3 rings (SSSR count). The molecule has 0 unspecified atom stereocenters. The number of rotatable bonds is 5. The standard InChI is InChI=1S/C22H21IN2O/c1-24(2)19-14-12-18(13-15-19)22(26)25(16-17-8-4-3-5-9-17)21-11-7-6-10-20(21)23/h3-15H,16H2,1-2H3. The highest BCUT2D eigenvalue weighted by molar-refractivity contribution is 14.1. The van der Waals surface area contributed by atoms with E-state index in [1.807, 2.05) is 103 Å². The first-order chi connectivity index (χ1) is 12.6. The summed E-state index contributed by atoms with van der Waals surface area (Å²) in [5.41, 5.74) is 3.79. The van der Waals surface area contributed by atoms with Crippen molar-refractivity contribution in [2.24, 2.45) is 0 Å². The van der Waals surface area contributed by atoms with E-state index in [2.05, 4.69) is 22.6 Å². The predicted octanol–water partition coefficient (Wildman–Crippen LogP) is 5.20. The van der Waals surface area contributed by atoms with Crippen molar-refractivity contribution in [3.63, 3.8) is 0 Å². The number of nitrogens with zero attached hydrogens (tertiary/aromatic N) is 2. The summed E-state index contributed by atoms with van der Waals surface area (Å²) in [5.74, 6) is 0.00303. The molecule has 0 bridgehead atoms. The fourth-order valence-electron chi connectivity index (χ4n) is 2.76. The molecule has 0 saturated heterocycles. The van der Waals surface area contributed by atoms with E-state index in [-0.39, 0.29) is 5.91 Å². The fourth-order valence-corrected chi connectivity index (χ4v) is 3.44. The summed E-state index contributed by atoms with van der Waals surface area (Å²) in [6.07, 6.45) is 0. The monoisotopic (exact) mass is 456 g/mol. The van der Waals surface area contributed by atoms with Crippen LogP contribution in [0.1, 0.15) is 15.9 Å². The van der Waals surface area contributed by atoms with Crippen LogP contribution in [0.15, 0.2) is 78.9 Å². The van der Waals surface area contributed by atoms with Crippen LogP contribution in [-0.2, 0) is 6.54 Å². The van der Waals surface area contributed by atoms with Crippen LogP contribution in [0.2, 0.25) is 0 Å². The van der Waals surface area contributed by atoms with Gasteiger partial charge in [0.15, 0.2) is 0 Å². The molecule has 3 nitrogen and oxygen atoms in total. The zero-order valence-corrected chi connectivity index (χ0v) is 17.1. The minimum Gasteiger partial charge on any atom is -0.378 e. The molecule has 26 heavy (non-hydrogen) atoms. The second kappa shape index (κ2) is 8.36. The van der Waals surface area contributed by atoms with Gasteiger partial charge in [-0.25, -0.2) is 0 Å². The molecule has 4 heteroatoms. The van der Waals surface area contributed by atoms with Gasteiger partial charge in [-0.1, -0.05) is 42.5 Å². The molecule has 3 aromatic carbocycles. The number of amides is 1. The number of carbonyl (C=O) groups excluding carboxylic acids is 1. The van der Waals surface area contributed by atoms with Crippen molar-refractivity contribution in [2.75, 3.05) is 23.9 Å². The molecule has 0 aliphatic rings. The second-order valence-electron chi connectivity index (χ2n) is 6.27. The maximum Gasteiger partial charge on any atom is 0.258 e. The van der Waals surface area contributed by atoms with E-state index < -0.39 is 0 Å². The first-order valence-corrected chi connectivity index (χ1v) is 9.52. The quantitative estimate of drug-likeness (QED) is 0.493. The van der Waals surface area contributed by atoms with Gasteiger partial charge in [-0.2, -0.15) is 0 Å². The maximum atomic E-state index is 13.3. The zero-order chi connectivity index (χ0) is 18.5. The Hall–Kier alpha value is -2.34. The molecule has 3 aromatic rings. The van der Waals surface area contributed by atoms with Crippen molar-refractivity contribution in [2.45, 2.75) is 6.54 Å². The van der Waals surface area contributed by atoms with Crippen molar-refractivity contribution in [1.29, 1.82) is 0 Å². The van der Waals surface area contributed by atoms with Crippen LogP contribution in [0.5, 0.6) is 0 Å². The average Bonchev–Trinajstić information content (AvgIpc) is 2.67. The van der Waals surface area contributed by atoms with Gasteiger partial charge >= 0.3 is 0 Å². The van der Waals surface area contributed by atoms with Crippen LogP contribution in [0.4, 0.5) is 11.4 Å². The minimum atomic E-state index is 0.00303. The van der Waals surface area contributed by atoms with E-state index in [1.165, 1.54) is 0 Å². The summed E-state index contributed by atoms with van der Waals surface area (Å²) in [6.45, 7) is 0.537. The third-order valence-corrected chi connectivity index (χ3v) is 5.11. The van der Waals surface area contributed by atoms with E-state index in [4.69, 9.17) is 0 Å². The van der Waals surface area contributed by atoms with Crippen molar-refractivity contribution in [3.05, 3.63) is 93.6 Å². The lowest BCUT2D eigenvalue weighted by Crippen LogP contribution is -2.31. The van der Waals surface area contributed by atoms with Gasteiger partial charge in [0.1, 0.15) is 0 Å². The maximum absolute atomic E-state index is 13.3. The summed E-state index contributed by atoms with van der Waals surface area (Å²) in [5, 5.41) is 0. The van der Waals surface area contributed by atoms with Crippen molar-refractivity contribution in [1.82, 2.24) is 0 Å².